The number of hydrogen-bond donors (Lipinski definition) is 2. The molecule has 3 rings (SSSR count). The molecule has 0 bridgehead atoms. The van der Waals surface area contributed by atoms with E-state index in [1.54, 1.807) is 48.4 Å². The Morgan fingerprint density at radius 1 is 1.12 bits per heavy atom. The summed E-state index contributed by atoms with van der Waals surface area (Å²) in [5.74, 6) is 0.356. The van der Waals surface area contributed by atoms with Crippen LogP contribution in [0.25, 0.3) is 0 Å². The summed E-state index contributed by atoms with van der Waals surface area (Å²) in [4.78, 5) is 26.8. The highest BCUT2D eigenvalue weighted by molar-refractivity contribution is 6.30. The fraction of sp³-hybridized carbons (Fsp3) is 0.263. The number of carbonyl (C=O) groups excluding carboxylic acids is 2. The van der Waals surface area contributed by atoms with Crippen molar-refractivity contribution >= 4 is 34.9 Å². The van der Waals surface area contributed by atoms with Crippen LogP contribution < -0.4 is 15.4 Å². The van der Waals surface area contributed by atoms with Gasteiger partial charge in [0.25, 0.3) is 0 Å². The highest BCUT2D eigenvalue weighted by Gasteiger charge is 2.34. The number of amides is 3. The number of methoxy groups -OCH3 is 1. The standard InChI is InChI=1S/C19H20ClN3O3/c1-26-17-7-3-2-5-15(17)22-18(24)16-6-4-12-23(16)19(25)21-14-10-8-13(20)9-11-14/h2-3,5,7-11,16H,4,6,12H2,1H3,(H,21,25)(H,22,24). The van der Waals surface area contributed by atoms with E-state index in [9.17, 15) is 9.59 Å². The molecule has 6 nitrogen and oxygen atoms in total. The molecule has 3 amide bonds. The van der Waals surface area contributed by atoms with Crippen LogP contribution in [0.15, 0.2) is 48.5 Å². The van der Waals surface area contributed by atoms with Gasteiger partial charge in [-0.15, -0.1) is 0 Å². The minimum Gasteiger partial charge on any atom is -0.495 e. The normalized spacial score (nSPS) is 16.2. The van der Waals surface area contributed by atoms with Crippen LogP contribution in [0.5, 0.6) is 5.75 Å². The molecule has 0 spiro atoms. The van der Waals surface area contributed by atoms with E-state index >= 15 is 0 Å². The summed E-state index contributed by atoms with van der Waals surface area (Å²) in [6.07, 6.45) is 1.40. The Hall–Kier alpha value is -2.73. The summed E-state index contributed by atoms with van der Waals surface area (Å²) >= 11 is 5.86. The molecule has 1 atom stereocenters. The van der Waals surface area contributed by atoms with Crippen molar-refractivity contribution in [3.8, 4) is 5.75 Å². The maximum absolute atomic E-state index is 12.7. The number of halogens is 1. The summed E-state index contributed by atoms with van der Waals surface area (Å²) in [6, 6.07) is 13.2. The summed E-state index contributed by atoms with van der Waals surface area (Å²) in [5, 5.41) is 6.26. The number of likely N-dealkylation sites (tertiary alicyclic amines) is 1. The SMILES string of the molecule is COc1ccccc1NC(=O)C1CCCN1C(=O)Nc1ccc(Cl)cc1. The van der Waals surface area contributed by atoms with Crippen LogP contribution >= 0.6 is 11.6 Å². The van der Waals surface area contributed by atoms with Gasteiger partial charge < -0.3 is 20.3 Å². The fourth-order valence-electron chi connectivity index (χ4n) is 2.97. The molecule has 0 saturated carbocycles. The second kappa shape index (κ2) is 8.10. The minimum atomic E-state index is -0.521. The molecular formula is C19H20ClN3O3. The molecule has 1 fully saturated rings. The minimum absolute atomic E-state index is 0.224. The average Bonchev–Trinajstić information content (AvgIpc) is 3.14. The lowest BCUT2D eigenvalue weighted by Crippen LogP contribution is -2.45. The van der Waals surface area contributed by atoms with Crippen LogP contribution in [0, 0.1) is 0 Å². The quantitative estimate of drug-likeness (QED) is 0.851. The van der Waals surface area contributed by atoms with Crippen LogP contribution in [0.4, 0.5) is 16.2 Å². The molecule has 1 aliphatic heterocycles. The molecule has 2 N–H and O–H groups in total. The van der Waals surface area contributed by atoms with Crippen molar-refractivity contribution < 1.29 is 14.3 Å². The van der Waals surface area contributed by atoms with Crippen LogP contribution in [0.1, 0.15) is 12.8 Å². The lowest BCUT2D eigenvalue weighted by atomic mass is 10.2. The molecule has 1 saturated heterocycles. The molecule has 0 aromatic heterocycles. The Kier molecular flexibility index (Phi) is 5.63. The molecule has 0 radical (unpaired) electrons. The van der Waals surface area contributed by atoms with E-state index in [-0.39, 0.29) is 11.9 Å². The number of nitrogens with one attached hydrogen (secondary N) is 2. The Balaban J connectivity index is 1.67. The molecule has 0 aliphatic carbocycles. The van der Waals surface area contributed by atoms with Gasteiger partial charge in [-0.3, -0.25) is 4.79 Å². The number of carbonyl (C=O) groups is 2. The number of benzene rings is 2. The molecule has 2 aromatic rings. The highest BCUT2D eigenvalue weighted by Crippen LogP contribution is 2.26. The first-order valence-electron chi connectivity index (χ1n) is 8.35. The molecule has 1 unspecified atom stereocenters. The van der Waals surface area contributed by atoms with Gasteiger partial charge in [0.15, 0.2) is 0 Å². The van der Waals surface area contributed by atoms with Gasteiger partial charge in [-0.2, -0.15) is 0 Å². The summed E-state index contributed by atoms with van der Waals surface area (Å²) in [6.45, 7) is 0.531. The Labute approximate surface area is 157 Å². The average molecular weight is 374 g/mol. The third-order valence-corrected chi connectivity index (χ3v) is 4.53. The van der Waals surface area contributed by atoms with E-state index in [0.29, 0.717) is 35.1 Å². The van der Waals surface area contributed by atoms with Crippen LogP contribution in [-0.2, 0) is 4.79 Å². The first-order chi connectivity index (χ1) is 12.6. The second-order valence-electron chi connectivity index (χ2n) is 5.98. The number of rotatable bonds is 4. The van der Waals surface area contributed by atoms with Crippen LogP contribution in [0.2, 0.25) is 5.02 Å². The van der Waals surface area contributed by atoms with E-state index in [1.165, 1.54) is 0 Å². The number of urea groups is 1. The predicted molar refractivity (Wildman–Crippen MR) is 102 cm³/mol. The van der Waals surface area contributed by atoms with Crippen molar-refractivity contribution in [1.82, 2.24) is 4.90 Å². The molecular weight excluding hydrogens is 354 g/mol. The van der Waals surface area contributed by atoms with Gasteiger partial charge in [0.1, 0.15) is 11.8 Å². The zero-order valence-corrected chi connectivity index (χ0v) is 15.1. The first-order valence-corrected chi connectivity index (χ1v) is 8.73. The van der Waals surface area contributed by atoms with Crippen molar-refractivity contribution in [2.45, 2.75) is 18.9 Å². The molecule has 7 heteroatoms. The van der Waals surface area contributed by atoms with Crippen molar-refractivity contribution in [1.29, 1.82) is 0 Å². The Morgan fingerprint density at radius 2 is 1.85 bits per heavy atom. The van der Waals surface area contributed by atoms with Crippen LogP contribution in [-0.4, -0.2) is 36.5 Å². The van der Waals surface area contributed by atoms with E-state index in [1.807, 2.05) is 12.1 Å². The molecule has 1 heterocycles. The summed E-state index contributed by atoms with van der Waals surface area (Å²) < 4.78 is 5.25. The van der Waals surface area contributed by atoms with Gasteiger partial charge in [-0.1, -0.05) is 23.7 Å². The first kappa shape index (κ1) is 18.1. The molecule has 2 aromatic carbocycles. The predicted octanol–water partition coefficient (Wildman–Crippen LogP) is 3.98. The zero-order valence-electron chi connectivity index (χ0n) is 14.4. The molecule has 26 heavy (non-hydrogen) atoms. The molecule has 136 valence electrons. The number of ether oxygens (including phenoxy) is 1. The Morgan fingerprint density at radius 3 is 2.58 bits per heavy atom. The number of hydrogen-bond acceptors (Lipinski definition) is 3. The zero-order chi connectivity index (χ0) is 18.5. The van der Waals surface area contributed by atoms with Gasteiger partial charge in [0, 0.05) is 17.3 Å². The second-order valence-corrected chi connectivity index (χ2v) is 6.41. The third kappa shape index (κ3) is 4.08. The van der Waals surface area contributed by atoms with E-state index in [2.05, 4.69) is 10.6 Å². The maximum Gasteiger partial charge on any atom is 0.322 e. The smallest absolute Gasteiger partial charge is 0.322 e. The summed E-state index contributed by atoms with van der Waals surface area (Å²) in [7, 11) is 1.55. The lowest BCUT2D eigenvalue weighted by Gasteiger charge is -2.24. The van der Waals surface area contributed by atoms with Crippen molar-refractivity contribution in [3.05, 3.63) is 53.6 Å². The number of anilines is 2. The number of nitrogens with zero attached hydrogens (tertiary/aromatic N) is 1. The summed E-state index contributed by atoms with van der Waals surface area (Å²) in [5.41, 5.74) is 1.22. The topological polar surface area (TPSA) is 70.7 Å². The Bertz CT molecular complexity index is 795. The maximum atomic E-state index is 12.7. The van der Waals surface area contributed by atoms with E-state index < -0.39 is 6.04 Å². The van der Waals surface area contributed by atoms with Gasteiger partial charge >= 0.3 is 6.03 Å². The third-order valence-electron chi connectivity index (χ3n) is 4.28. The highest BCUT2D eigenvalue weighted by atomic mass is 35.5. The van der Waals surface area contributed by atoms with Gasteiger partial charge in [0.05, 0.1) is 12.8 Å². The van der Waals surface area contributed by atoms with Gasteiger partial charge in [0.2, 0.25) is 5.91 Å². The lowest BCUT2D eigenvalue weighted by molar-refractivity contribution is -0.119. The monoisotopic (exact) mass is 373 g/mol. The van der Waals surface area contributed by atoms with Crippen molar-refractivity contribution in [2.75, 3.05) is 24.3 Å². The largest absolute Gasteiger partial charge is 0.495 e. The molecule has 1 aliphatic rings. The van der Waals surface area contributed by atoms with Crippen molar-refractivity contribution in [3.63, 3.8) is 0 Å². The van der Waals surface area contributed by atoms with Gasteiger partial charge in [-0.05, 0) is 49.2 Å². The number of para-hydroxylation sites is 2. The van der Waals surface area contributed by atoms with E-state index in [0.717, 1.165) is 6.42 Å². The fourth-order valence-corrected chi connectivity index (χ4v) is 3.10. The van der Waals surface area contributed by atoms with Gasteiger partial charge in [-0.25, -0.2) is 4.79 Å². The van der Waals surface area contributed by atoms with E-state index in [4.69, 9.17) is 16.3 Å². The van der Waals surface area contributed by atoms with Crippen LogP contribution in [0.3, 0.4) is 0 Å². The van der Waals surface area contributed by atoms with Crippen molar-refractivity contribution in [2.24, 2.45) is 0 Å².